The Morgan fingerprint density at radius 2 is 1.34 bits per heavy atom. The van der Waals surface area contributed by atoms with E-state index in [2.05, 4.69) is 21.3 Å². The maximum Gasteiger partial charge on any atom is 0.407 e. The van der Waals surface area contributed by atoms with Gasteiger partial charge in [0.05, 0.1) is 7.11 Å². The molecule has 13 nitrogen and oxygen atoms in total. The zero-order valence-corrected chi connectivity index (χ0v) is 33.5. The van der Waals surface area contributed by atoms with E-state index in [1.807, 2.05) is 48.5 Å². The summed E-state index contributed by atoms with van der Waals surface area (Å²) >= 11 is 0. The number of fused-ring (bicyclic) bond motifs is 3. The summed E-state index contributed by atoms with van der Waals surface area (Å²) in [6.45, 7) is 8.41. The van der Waals surface area contributed by atoms with E-state index < -0.39 is 83.5 Å². The van der Waals surface area contributed by atoms with Crippen LogP contribution in [-0.2, 0) is 39.9 Å². The zero-order chi connectivity index (χ0) is 42.3. The van der Waals surface area contributed by atoms with Crippen molar-refractivity contribution in [1.82, 2.24) is 26.2 Å². The topological polar surface area (TPSA) is 172 Å². The number of likely N-dealkylation sites (tertiary alicyclic amines) is 1. The Bertz CT molecular complexity index is 1960. The predicted molar refractivity (Wildman–Crippen MR) is 210 cm³/mol. The van der Waals surface area contributed by atoms with Gasteiger partial charge in [-0.05, 0) is 71.6 Å². The standard InChI is InChI=1S/C43H51F2N5O8/c1-23(2)36(40(53)49-37(24(3)4)42(55)57-6)48-39(52)35-16-11-17-50(35)41(54)34(20-26-18-27(44)21-28(45)19-26)47-38(51)25(5)46-43(56)58-22-33-31-14-9-7-12-29(31)30-13-8-10-15-32(30)33/h7-10,12-15,18-19,21,23-25,33-37H,11,16-17,20,22H2,1-6H3,(H,46,56)(H,47,51)(H,48,52)(H,49,53)/t25-,34-,35-,36-,37-/m0/s1. The number of rotatable bonds is 15. The molecule has 58 heavy (non-hydrogen) atoms. The minimum absolute atomic E-state index is 0.00176. The van der Waals surface area contributed by atoms with Crippen LogP contribution in [0.4, 0.5) is 13.6 Å². The first-order chi connectivity index (χ1) is 27.6. The van der Waals surface area contributed by atoms with E-state index in [0.717, 1.165) is 34.4 Å². The van der Waals surface area contributed by atoms with E-state index in [1.54, 1.807) is 27.7 Å². The minimum atomic E-state index is -1.41. The smallest absolute Gasteiger partial charge is 0.407 e. The molecule has 1 fully saturated rings. The van der Waals surface area contributed by atoms with Crippen LogP contribution in [0.5, 0.6) is 0 Å². The number of amides is 5. The van der Waals surface area contributed by atoms with Crippen molar-refractivity contribution in [2.45, 2.75) is 90.0 Å². The van der Waals surface area contributed by atoms with Gasteiger partial charge in [-0.15, -0.1) is 0 Å². The third-order valence-corrected chi connectivity index (χ3v) is 10.6. The van der Waals surface area contributed by atoms with Gasteiger partial charge in [0.1, 0.15) is 48.5 Å². The highest BCUT2D eigenvalue weighted by Gasteiger charge is 2.40. The number of alkyl carbamates (subject to hydrolysis) is 1. The summed E-state index contributed by atoms with van der Waals surface area (Å²) in [6, 6.07) is 12.7. The lowest BCUT2D eigenvalue weighted by Gasteiger charge is -2.31. The summed E-state index contributed by atoms with van der Waals surface area (Å²) in [5.74, 6) is -6.10. The molecule has 15 heteroatoms. The lowest BCUT2D eigenvalue weighted by molar-refractivity contribution is -0.147. The van der Waals surface area contributed by atoms with Crippen LogP contribution in [0.1, 0.15) is 70.1 Å². The zero-order valence-electron chi connectivity index (χ0n) is 33.5. The van der Waals surface area contributed by atoms with Gasteiger partial charge in [0.25, 0.3) is 0 Å². The quantitative estimate of drug-likeness (QED) is 0.164. The van der Waals surface area contributed by atoms with Gasteiger partial charge in [0.2, 0.25) is 23.6 Å². The second-order valence-electron chi connectivity index (χ2n) is 15.4. The fourth-order valence-corrected chi connectivity index (χ4v) is 7.50. The molecule has 2 aliphatic rings. The Hall–Kier alpha value is -5.86. The third-order valence-electron chi connectivity index (χ3n) is 10.6. The Balaban J connectivity index is 1.27. The molecule has 1 heterocycles. The van der Waals surface area contributed by atoms with Gasteiger partial charge in [-0.3, -0.25) is 19.2 Å². The molecule has 1 aliphatic carbocycles. The molecule has 0 spiro atoms. The SMILES string of the molecule is COC(=O)[C@@H](NC(=O)[C@@H](NC(=O)[C@@H]1CCCN1C(=O)[C@H](Cc1cc(F)cc(F)c1)NC(=O)[C@H](C)NC(=O)OCC1c2ccccc2-c2ccccc21)C(C)C)C(C)C. The summed E-state index contributed by atoms with van der Waals surface area (Å²) in [5, 5.41) is 10.5. The van der Waals surface area contributed by atoms with E-state index in [1.165, 1.54) is 18.9 Å². The lowest BCUT2D eigenvalue weighted by Crippen LogP contribution is -2.59. The van der Waals surface area contributed by atoms with Crippen LogP contribution in [0.25, 0.3) is 11.1 Å². The fraction of sp³-hybridized carbons (Fsp3) is 0.442. The van der Waals surface area contributed by atoms with Crippen LogP contribution < -0.4 is 21.3 Å². The van der Waals surface area contributed by atoms with Crippen molar-refractivity contribution in [3.63, 3.8) is 0 Å². The number of benzene rings is 3. The van der Waals surface area contributed by atoms with Gasteiger partial charge in [-0.1, -0.05) is 76.2 Å². The average molecular weight is 804 g/mol. The minimum Gasteiger partial charge on any atom is -0.467 e. The number of methoxy groups -OCH3 is 1. The van der Waals surface area contributed by atoms with Crippen LogP contribution in [0.3, 0.4) is 0 Å². The van der Waals surface area contributed by atoms with E-state index in [4.69, 9.17) is 9.47 Å². The van der Waals surface area contributed by atoms with Crippen molar-refractivity contribution < 1.29 is 47.0 Å². The molecule has 4 N–H and O–H groups in total. The van der Waals surface area contributed by atoms with Crippen LogP contribution in [0.2, 0.25) is 0 Å². The number of ether oxygens (including phenoxy) is 2. The molecule has 0 radical (unpaired) electrons. The number of hydrogen-bond donors (Lipinski definition) is 4. The largest absolute Gasteiger partial charge is 0.467 e. The van der Waals surface area contributed by atoms with Gasteiger partial charge in [0.15, 0.2) is 0 Å². The molecular formula is C43H51F2N5O8. The molecule has 0 saturated carbocycles. The molecule has 1 saturated heterocycles. The summed E-state index contributed by atoms with van der Waals surface area (Å²) < 4.78 is 39.0. The fourth-order valence-electron chi connectivity index (χ4n) is 7.50. The maximum absolute atomic E-state index is 14.3. The Labute approximate surface area is 336 Å². The summed E-state index contributed by atoms with van der Waals surface area (Å²) in [4.78, 5) is 81.6. The Kier molecular flexibility index (Phi) is 14.2. The van der Waals surface area contributed by atoms with E-state index in [0.29, 0.717) is 12.5 Å². The second kappa shape index (κ2) is 19.1. The molecule has 310 valence electrons. The summed E-state index contributed by atoms with van der Waals surface area (Å²) in [7, 11) is 1.21. The average Bonchev–Trinajstić information content (AvgIpc) is 3.80. The molecule has 0 bridgehead atoms. The summed E-state index contributed by atoms with van der Waals surface area (Å²) in [6.07, 6.45) is -0.570. The molecule has 0 aromatic heterocycles. The Morgan fingerprint density at radius 3 is 1.91 bits per heavy atom. The molecule has 0 unspecified atom stereocenters. The number of carbonyl (C=O) groups excluding carboxylic acids is 6. The van der Waals surface area contributed by atoms with Crippen molar-refractivity contribution in [2.75, 3.05) is 20.3 Å². The maximum atomic E-state index is 14.3. The van der Waals surface area contributed by atoms with Gasteiger partial charge in [-0.2, -0.15) is 0 Å². The lowest BCUT2D eigenvalue weighted by atomic mass is 9.98. The molecule has 5 rings (SSSR count). The number of esters is 1. The van der Waals surface area contributed by atoms with Crippen molar-refractivity contribution >= 4 is 35.7 Å². The van der Waals surface area contributed by atoms with E-state index >= 15 is 0 Å². The van der Waals surface area contributed by atoms with Crippen LogP contribution in [0.15, 0.2) is 66.7 Å². The number of hydrogen-bond acceptors (Lipinski definition) is 8. The highest BCUT2D eigenvalue weighted by Crippen LogP contribution is 2.44. The van der Waals surface area contributed by atoms with Gasteiger partial charge >= 0.3 is 12.1 Å². The molecule has 5 atom stereocenters. The third kappa shape index (κ3) is 10.2. The number of carbonyl (C=O) groups is 6. The molecular weight excluding hydrogens is 752 g/mol. The highest BCUT2D eigenvalue weighted by molar-refractivity contribution is 5.96. The van der Waals surface area contributed by atoms with Crippen molar-refractivity contribution in [2.24, 2.45) is 11.8 Å². The number of nitrogens with one attached hydrogen (secondary N) is 4. The van der Waals surface area contributed by atoms with E-state index in [-0.39, 0.29) is 43.4 Å². The normalized spacial score (nSPS) is 16.7. The molecule has 3 aromatic carbocycles. The van der Waals surface area contributed by atoms with Crippen molar-refractivity contribution in [3.05, 3.63) is 95.1 Å². The first kappa shape index (κ1) is 43.3. The highest BCUT2D eigenvalue weighted by atomic mass is 19.1. The number of halogens is 2. The van der Waals surface area contributed by atoms with Gasteiger partial charge < -0.3 is 35.6 Å². The van der Waals surface area contributed by atoms with Crippen molar-refractivity contribution in [3.8, 4) is 11.1 Å². The number of nitrogens with zero attached hydrogens (tertiary/aromatic N) is 1. The monoisotopic (exact) mass is 803 g/mol. The van der Waals surface area contributed by atoms with E-state index in [9.17, 15) is 37.5 Å². The van der Waals surface area contributed by atoms with Crippen LogP contribution >= 0.6 is 0 Å². The Morgan fingerprint density at radius 1 is 0.759 bits per heavy atom. The van der Waals surface area contributed by atoms with Crippen LogP contribution in [-0.4, -0.2) is 91.1 Å². The predicted octanol–water partition coefficient (Wildman–Crippen LogP) is 4.36. The first-order valence-corrected chi connectivity index (χ1v) is 19.4. The first-order valence-electron chi connectivity index (χ1n) is 19.4. The molecule has 5 amide bonds. The van der Waals surface area contributed by atoms with Crippen LogP contribution in [0, 0.1) is 23.5 Å². The van der Waals surface area contributed by atoms with Gasteiger partial charge in [0, 0.05) is 24.9 Å². The van der Waals surface area contributed by atoms with Gasteiger partial charge in [-0.25, -0.2) is 18.4 Å². The summed E-state index contributed by atoms with van der Waals surface area (Å²) in [5.41, 5.74) is 4.18. The molecule has 1 aliphatic heterocycles. The van der Waals surface area contributed by atoms with Crippen molar-refractivity contribution in [1.29, 1.82) is 0 Å². The molecule has 3 aromatic rings. The second-order valence-corrected chi connectivity index (χ2v) is 15.4.